The lowest BCUT2D eigenvalue weighted by molar-refractivity contribution is -0.119. The molecule has 2 N–H and O–H groups in total. The third-order valence-corrected chi connectivity index (χ3v) is 3.16. The number of para-hydroxylation sites is 1. The largest absolute Gasteiger partial charge is 0.494 e. The number of hydrazone groups is 1. The van der Waals surface area contributed by atoms with Gasteiger partial charge in [-0.05, 0) is 55.8 Å². The molecule has 0 aliphatic carbocycles. The molecule has 5 heteroatoms. The Morgan fingerprint density at radius 2 is 1.78 bits per heavy atom. The predicted molar refractivity (Wildman–Crippen MR) is 92.9 cm³/mol. The lowest BCUT2D eigenvalue weighted by Crippen LogP contribution is -2.26. The SMILES string of the molecule is CCOc1ccc(/C(C)=N\NC(=O)CNc2ccccc2)cc1. The molecular formula is C18H21N3O2. The summed E-state index contributed by atoms with van der Waals surface area (Å²) in [5, 5.41) is 7.15. The fourth-order valence-electron chi connectivity index (χ4n) is 1.95. The zero-order chi connectivity index (χ0) is 16.5. The number of amides is 1. The number of nitrogens with one attached hydrogen (secondary N) is 2. The Bertz CT molecular complexity index is 652. The van der Waals surface area contributed by atoms with E-state index in [1.807, 2.05) is 68.4 Å². The molecule has 2 aromatic rings. The van der Waals surface area contributed by atoms with E-state index in [9.17, 15) is 4.79 Å². The first-order chi connectivity index (χ1) is 11.2. The quantitative estimate of drug-likeness (QED) is 0.610. The molecule has 0 aromatic heterocycles. The number of hydrogen-bond acceptors (Lipinski definition) is 4. The van der Waals surface area contributed by atoms with E-state index in [-0.39, 0.29) is 12.5 Å². The second-order valence-corrected chi connectivity index (χ2v) is 4.91. The Balaban J connectivity index is 1.84. The molecule has 0 saturated carbocycles. The van der Waals surface area contributed by atoms with Crippen LogP contribution in [0.3, 0.4) is 0 Å². The van der Waals surface area contributed by atoms with Crippen molar-refractivity contribution in [2.75, 3.05) is 18.5 Å². The van der Waals surface area contributed by atoms with Gasteiger partial charge < -0.3 is 10.1 Å². The average Bonchev–Trinajstić information content (AvgIpc) is 2.59. The topological polar surface area (TPSA) is 62.7 Å². The number of benzene rings is 2. The number of rotatable bonds is 7. The Morgan fingerprint density at radius 1 is 1.09 bits per heavy atom. The number of hydrogen-bond donors (Lipinski definition) is 2. The summed E-state index contributed by atoms with van der Waals surface area (Å²) in [6.45, 7) is 4.60. The number of carbonyl (C=O) groups is 1. The lowest BCUT2D eigenvalue weighted by atomic mass is 10.1. The molecule has 0 fully saturated rings. The normalized spacial score (nSPS) is 11.0. The van der Waals surface area contributed by atoms with Crippen LogP contribution in [0, 0.1) is 0 Å². The highest BCUT2D eigenvalue weighted by atomic mass is 16.5. The summed E-state index contributed by atoms with van der Waals surface area (Å²) in [5.41, 5.74) is 5.12. The van der Waals surface area contributed by atoms with Crippen molar-refractivity contribution in [2.24, 2.45) is 5.10 Å². The summed E-state index contributed by atoms with van der Waals surface area (Å²) in [5.74, 6) is 0.624. The van der Waals surface area contributed by atoms with Crippen molar-refractivity contribution in [1.29, 1.82) is 0 Å². The third-order valence-electron chi connectivity index (χ3n) is 3.16. The molecule has 2 rings (SSSR count). The van der Waals surface area contributed by atoms with Gasteiger partial charge in [-0.2, -0.15) is 5.10 Å². The van der Waals surface area contributed by atoms with E-state index < -0.39 is 0 Å². The third kappa shape index (κ3) is 5.47. The van der Waals surface area contributed by atoms with Crippen LogP contribution in [0.25, 0.3) is 0 Å². The maximum atomic E-state index is 11.8. The van der Waals surface area contributed by atoms with E-state index in [2.05, 4.69) is 15.8 Å². The van der Waals surface area contributed by atoms with Crippen LogP contribution in [0.2, 0.25) is 0 Å². The van der Waals surface area contributed by atoms with Crippen molar-refractivity contribution in [3.63, 3.8) is 0 Å². The highest BCUT2D eigenvalue weighted by molar-refractivity contribution is 5.99. The lowest BCUT2D eigenvalue weighted by Gasteiger charge is -2.07. The summed E-state index contributed by atoms with van der Waals surface area (Å²) >= 11 is 0. The Kier molecular flexibility index (Phi) is 6.17. The van der Waals surface area contributed by atoms with Crippen LogP contribution in [0.1, 0.15) is 19.4 Å². The van der Waals surface area contributed by atoms with Crippen molar-refractivity contribution in [3.05, 3.63) is 60.2 Å². The molecule has 0 aliphatic heterocycles. The van der Waals surface area contributed by atoms with Crippen LogP contribution >= 0.6 is 0 Å². The van der Waals surface area contributed by atoms with Gasteiger partial charge in [0.15, 0.2) is 0 Å². The van der Waals surface area contributed by atoms with Gasteiger partial charge in [-0.15, -0.1) is 0 Å². The summed E-state index contributed by atoms with van der Waals surface area (Å²) in [6, 6.07) is 17.2. The molecule has 0 radical (unpaired) electrons. The molecule has 5 nitrogen and oxygen atoms in total. The van der Waals surface area contributed by atoms with Crippen LogP contribution in [0.15, 0.2) is 59.7 Å². The van der Waals surface area contributed by atoms with Gasteiger partial charge in [-0.1, -0.05) is 18.2 Å². The zero-order valence-electron chi connectivity index (χ0n) is 13.4. The molecule has 2 aromatic carbocycles. The molecule has 0 atom stereocenters. The average molecular weight is 311 g/mol. The summed E-state index contributed by atoms with van der Waals surface area (Å²) in [6.07, 6.45) is 0. The number of carbonyl (C=O) groups excluding carboxylic acids is 1. The summed E-state index contributed by atoms with van der Waals surface area (Å²) in [7, 11) is 0. The fourth-order valence-corrected chi connectivity index (χ4v) is 1.95. The second-order valence-electron chi connectivity index (χ2n) is 4.91. The second kappa shape index (κ2) is 8.58. The van der Waals surface area contributed by atoms with Gasteiger partial charge in [0.2, 0.25) is 0 Å². The first-order valence-electron chi connectivity index (χ1n) is 7.54. The van der Waals surface area contributed by atoms with E-state index in [1.165, 1.54) is 0 Å². The van der Waals surface area contributed by atoms with Crippen LogP contribution in [0.5, 0.6) is 5.75 Å². The summed E-state index contributed by atoms with van der Waals surface area (Å²) < 4.78 is 5.39. The Labute approximate surface area is 136 Å². The van der Waals surface area contributed by atoms with Gasteiger partial charge in [0.05, 0.1) is 18.9 Å². The summed E-state index contributed by atoms with van der Waals surface area (Å²) in [4.78, 5) is 11.8. The van der Waals surface area contributed by atoms with E-state index in [1.54, 1.807) is 0 Å². The van der Waals surface area contributed by atoms with E-state index in [0.29, 0.717) is 6.61 Å². The molecule has 0 heterocycles. The molecule has 23 heavy (non-hydrogen) atoms. The highest BCUT2D eigenvalue weighted by Gasteiger charge is 2.02. The maximum absolute atomic E-state index is 11.8. The Morgan fingerprint density at radius 3 is 2.43 bits per heavy atom. The van der Waals surface area contributed by atoms with Crippen molar-refractivity contribution >= 4 is 17.3 Å². The van der Waals surface area contributed by atoms with Crippen molar-refractivity contribution in [3.8, 4) is 5.75 Å². The van der Waals surface area contributed by atoms with Gasteiger partial charge >= 0.3 is 0 Å². The van der Waals surface area contributed by atoms with Crippen LogP contribution in [-0.4, -0.2) is 24.8 Å². The molecule has 0 bridgehead atoms. The fraction of sp³-hybridized carbons (Fsp3) is 0.222. The first kappa shape index (κ1) is 16.5. The van der Waals surface area contributed by atoms with Gasteiger partial charge in [-0.25, -0.2) is 5.43 Å². The zero-order valence-corrected chi connectivity index (χ0v) is 13.4. The van der Waals surface area contributed by atoms with Gasteiger partial charge in [-0.3, -0.25) is 4.79 Å². The van der Waals surface area contributed by atoms with E-state index in [0.717, 1.165) is 22.7 Å². The first-order valence-corrected chi connectivity index (χ1v) is 7.54. The molecule has 0 unspecified atom stereocenters. The molecule has 0 saturated heterocycles. The molecular weight excluding hydrogens is 290 g/mol. The van der Waals surface area contributed by atoms with Gasteiger partial charge in [0.25, 0.3) is 5.91 Å². The van der Waals surface area contributed by atoms with Crippen molar-refractivity contribution in [1.82, 2.24) is 5.43 Å². The molecule has 1 amide bonds. The smallest absolute Gasteiger partial charge is 0.259 e. The minimum Gasteiger partial charge on any atom is -0.494 e. The number of anilines is 1. The number of ether oxygens (including phenoxy) is 1. The van der Waals surface area contributed by atoms with Crippen LogP contribution in [-0.2, 0) is 4.79 Å². The van der Waals surface area contributed by atoms with Crippen molar-refractivity contribution < 1.29 is 9.53 Å². The Hall–Kier alpha value is -2.82. The maximum Gasteiger partial charge on any atom is 0.259 e. The molecule has 120 valence electrons. The highest BCUT2D eigenvalue weighted by Crippen LogP contribution is 2.12. The van der Waals surface area contributed by atoms with Crippen LogP contribution < -0.4 is 15.5 Å². The molecule has 0 aliphatic rings. The monoisotopic (exact) mass is 311 g/mol. The van der Waals surface area contributed by atoms with Gasteiger partial charge in [0, 0.05) is 5.69 Å². The molecule has 0 spiro atoms. The standard InChI is InChI=1S/C18H21N3O2/c1-3-23-17-11-9-15(10-12-17)14(2)20-21-18(22)13-19-16-7-5-4-6-8-16/h4-12,19H,3,13H2,1-2H3,(H,21,22)/b20-14-. The minimum atomic E-state index is -0.195. The van der Waals surface area contributed by atoms with E-state index >= 15 is 0 Å². The van der Waals surface area contributed by atoms with Crippen LogP contribution in [0.4, 0.5) is 5.69 Å². The number of nitrogens with zero attached hydrogens (tertiary/aromatic N) is 1. The van der Waals surface area contributed by atoms with Crippen molar-refractivity contribution in [2.45, 2.75) is 13.8 Å². The van der Waals surface area contributed by atoms with Gasteiger partial charge in [0.1, 0.15) is 5.75 Å². The predicted octanol–water partition coefficient (Wildman–Crippen LogP) is 3.04. The minimum absolute atomic E-state index is 0.171. The van der Waals surface area contributed by atoms with E-state index in [4.69, 9.17) is 4.74 Å².